The molecular weight excluding hydrogens is 228 g/mol. The zero-order chi connectivity index (χ0) is 12.4. The van der Waals surface area contributed by atoms with E-state index in [1.54, 1.807) is 6.92 Å². The molecule has 0 aliphatic carbocycles. The van der Waals surface area contributed by atoms with Gasteiger partial charge in [0.25, 0.3) is 0 Å². The van der Waals surface area contributed by atoms with E-state index in [-0.39, 0.29) is 17.7 Å². The first-order valence-electron chi connectivity index (χ1n) is 5.03. The standard InChI is InChI=1S/C12H9F2NO2/c1-2-17-12(16)8-3-7-4-9(13)10(14)5-11(7)15-6-8/h3-6H,2H2,1H3. The minimum absolute atomic E-state index is 0.213. The number of benzene rings is 1. The summed E-state index contributed by atoms with van der Waals surface area (Å²) in [5.74, 6) is -2.47. The van der Waals surface area contributed by atoms with Gasteiger partial charge in [-0.1, -0.05) is 0 Å². The van der Waals surface area contributed by atoms with Crippen molar-refractivity contribution in [3.63, 3.8) is 0 Å². The van der Waals surface area contributed by atoms with Gasteiger partial charge in [0.15, 0.2) is 11.6 Å². The lowest BCUT2D eigenvalue weighted by Gasteiger charge is -2.03. The number of esters is 1. The van der Waals surface area contributed by atoms with Gasteiger partial charge < -0.3 is 4.74 Å². The molecule has 5 heteroatoms. The average Bonchev–Trinajstić information content (AvgIpc) is 2.30. The molecule has 0 saturated carbocycles. The maximum atomic E-state index is 13.0. The SMILES string of the molecule is CCOC(=O)c1cnc2cc(F)c(F)cc2c1. The van der Waals surface area contributed by atoms with Gasteiger partial charge in [-0.05, 0) is 19.1 Å². The fraction of sp³-hybridized carbons (Fsp3) is 0.167. The number of hydrogen-bond donors (Lipinski definition) is 0. The molecule has 0 aliphatic rings. The Kier molecular flexibility index (Phi) is 2.99. The Balaban J connectivity index is 2.50. The second-order valence-corrected chi connectivity index (χ2v) is 3.40. The van der Waals surface area contributed by atoms with Gasteiger partial charge in [0, 0.05) is 17.6 Å². The summed E-state index contributed by atoms with van der Waals surface area (Å²) >= 11 is 0. The largest absolute Gasteiger partial charge is 0.462 e. The van der Waals surface area contributed by atoms with E-state index >= 15 is 0 Å². The van der Waals surface area contributed by atoms with Crippen LogP contribution >= 0.6 is 0 Å². The second-order valence-electron chi connectivity index (χ2n) is 3.40. The molecule has 0 unspecified atom stereocenters. The van der Waals surface area contributed by atoms with Gasteiger partial charge in [0.1, 0.15) is 0 Å². The molecule has 0 radical (unpaired) electrons. The van der Waals surface area contributed by atoms with Crippen LogP contribution in [0.25, 0.3) is 10.9 Å². The van der Waals surface area contributed by atoms with E-state index < -0.39 is 17.6 Å². The molecule has 1 aromatic carbocycles. The first-order valence-corrected chi connectivity index (χ1v) is 5.03. The van der Waals surface area contributed by atoms with E-state index in [0.29, 0.717) is 5.39 Å². The van der Waals surface area contributed by atoms with Gasteiger partial charge in [0.05, 0.1) is 17.7 Å². The molecule has 0 atom stereocenters. The first kappa shape index (κ1) is 11.4. The third kappa shape index (κ3) is 2.22. The third-order valence-electron chi connectivity index (χ3n) is 2.23. The molecule has 2 aromatic rings. The zero-order valence-electron chi connectivity index (χ0n) is 9.04. The summed E-state index contributed by atoms with van der Waals surface area (Å²) in [4.78, 5) is 15.3. The number of carbonyl (C=O) groups is 1. The highest BCUT2D eigenvalue weighted by Gasteiger charge is 2.10. The van der Waals surface area contributed by atoms with Crippen molar-refractivity contribution in [1.29, 1.82) is 0 Å². The number of carbonyl (C=O) groups excluding carboxylic acids is 1. The molecule has 3 nitrogen and oxygen atoms in total. The minimum Gasteiger partial charge on any atom is -0.462 e. The lowest BCUT2D eigenvalue weighted by Crippen LogP contribution is -2.05. The Hall–Kier alpha value is -2.04. The Bertz CT molecular complexity index is 584. The van der Waals surface area contributed by atoms with Crippen molar-refractivity contribution in [3.8, 4) is 0 Å². The highest BCUT2D eigenvalue weighted by atomic mass is 19.2. The summed E-state index contributed by atoms with van der Waals surface area (Å²) in [5.41, 5.74) is 0.502. The Labute approximate surface area is 96.0 Å². The molecule has 0 saturated heterocycles. The van der Waals surface area contributed by atoms with Crippen LogP contribution in [0.4, 0.5) is 8.78 Å². The summed E-state index contributed by atoms with van der Waals surface area (Å²) < 4.78 is 30.7. The monoisotopic (exact) mass is 237 g/mol. The van der Waals surface area contributed by atoms with Crippen LogP contribution in [0.1, 0.15) is 17.3 Å². The molecule has 1 heterocycles. The van der Waals surface area contributed by atoms with E-state index in [1.165, 1.54) is 12.3 Å². The number of pyridine rings is 1. The van der Waals surface area contributed by atoms with Gasteiger partial charge in [-0.2, -0.15) is 0 Å². The molecule has 17 heavy (non-hydrogen) atoms. The van der Waals surface area contributed by atoms with Crippen molar-refractivity contribution >= 4 is 16.9 Å². The van der Waals surface area contributed by atoms with E-state index in [9.17, 15) is 13.6 Å². The number of aromatic nitrogens is 1. The lowest BCUT2D eigenvalue weighted by molar-refractivity contribution is 0.0526. The van der Waals surface area contributed by atoms with Crippen molar-refractivity contribution in [1.82, 2.24) is 4.98 Å². The van der Waals surface area contributed by atoms with Crippen molar-refractivity contribution in [2.45, 2.75) is 6.92 Å². The summed E-state index contributed by atoms with van der Waals surface area (Å²) in [7, 11) is 0. The van der Waals surface area contributed by atoms with Crippen LogP contribution in [0, 0.1) is 11.6 Å². The smallest absolute Gasteiger partial charge is 0.339 e. The number of ether oxygens (including phenoxy) is 1. The zero-order valence-corrected chi connectivity index (χ0v) is 9.04. The Morgan fingerprint density at radius 1 is 1.29 bits per heavy atom. The summed E-state index contributed by atoms with van der Waals surface area (Å²) in [6.45, 7) is 1.93. The summed E-state index contributed by atoms with van der Waals surface area (Å²) in [5, 5.41) is 0.356. The van der Waals surface area contributed by atoms with Crippen molar-refractivity contribution in [3.05, 3.63) is 41.6 Å². The first-order chi connectivity index (χ1) is 8.11. The van der Waals surface area contributed by atoms with Gasteiger partial charge in [0.2, 0.25) is 0 Å². The predicted molar refractivity (Wildman–Crippen MR) is 57.6 cm³/mol. The van der Waals surface area contributed by atoms with Crippen LogP contribution in [-0.2, 0) is 4.74 Å². The van der Waals surface area contributed by atoms with Crippen molar-refractivity contribution in [2.24, 2.45) is 0 Å². The van der Waals surface area contributed by atoms with Crippen LogP contribution in [0.5, 0.6) is 0 Å². The van der Waals surface area contributed by atoms with Crippen LogP contribution in [0.2, 0.25) is 0 Å². The maximum absolute atomic E-state index is 13.0. The summed E-state index contributed by atoms with van der Waals surface area (Å²) in [6, 6.07) is 3.41. The quantitative estimate of drug-likeness (QED) is 0.754. The molecule has 0 amide bonds. The third-order valence-corrected chi connectivity index (χ3v) is 2.23. The van der Waals surface area contributed by atoms with Crippen LogP contribution in [0.3, 0.4) is 0 Å². The van der Waals surface area contributed by atoms with E-state index in [0.717, 1.165) is 12.1 Å². The average molecular weight is 237 g/mol. The molecule has 0 N–H and O–H groups in total. The number of fused-ring (bicyclic) bond motifs is 1. The van der Waals surface area contributed by atoms with Crippen molar-refractivity contribution in [2.75, 3.05) is 6.61 Å². The normalized spacial score (nSPS) is 10.5. The van der Waals surface area contributed by atoms with E-state index in [4.69, 9.17) is 4.74 Å². The Morgan fingerprint density at radius 2 is 2.00 bits per heavy atom. The fourth-order valence-corrected chi connectivity index (χ4v) is 1.45. The predicted octanol–water partition coefficient (Wildman–Crippen LogP) is 2.69. The van der Waals surface area contributed by atoms with E-state index in [2.05, 4.69) is 4.98 Å². The number of nitrogens with zero attached hydrogens (tertiary/aromatic N) is 1. The maximum Gasteiger partial charge on any atom is 0.339 e. The molecular formula is C12H9F2NO2. The fourth-order valence-electron chi connectivity index (χ4n) is 1.45. The van der Waals surface area contributed by atoms with Gasteiger partial charge in [-0.3, -0.25) is 4.98 Å². The van der Waals surface area contributed by atoms with Crippen molar-refractivity contribution < 1.29 is 18.3 Å². The van der Waals surface area contributed by atoms with Gasteiger partial charge in [-0.15, -0.1) is 0 Å². The highest BCUT2D eigenvalue weighted by Crippen LogP contribution is 2.18. The lowest BCUT2D eigenvalue weighted by atomic mass is 10.1. The summed E-state index contributed by atoms with van der Waals surface area (Å²) in [6.07, 6.45) is 1.28. The second kappa shape index (κ2) is 4.45. The topological polar surface area (TPSA) is 39.2 Å². The molecule has 0 fully saturated rings. The molecule has 88 valence electrons. The number of halogens is 2. The van der Waals surface area contributed by atoms with Crippen LogP contribution < -0.4 is 0 Å². The van der Waals surface area contributed by atoms with E-state index in [1.807, 2.05) is 0 Å². The molecule has 0 aliphatic heterocycles. The van der Waals surface area contributed by atoms with Gasteiger partial charge >= 0.3 is 5.97 Å². The van der Waals surface area contributed by atoms with Crippen LogP contribution in [0.15, 0.2) is 24.4 Å². The Morgan fingerprint density at radius 3 is 2.71 bits per heavy atom. The highest BCUT2D eigenvalue weighted by molar-refractivity contribution is 5.93. The number of rotatable bonds is 2. The van der Waals surface area contributed by atoms with Crippen LogP contribution in [-0.4, -0.2) is 17.6 Å². The number of hydrogen-bond acceptors (Lipinski definition) is 3. The molecule has 2 rings (SSSR count). The molecule has 0 bridgehead atoms. The van der Waals surface area contributed by atoms with Gasteiger partial charge in [-0.25, -0.2) is 13.6 Å². The molecule has 1 aromatic heterocycles. The molecule has 0 spiro atoms. The minimum atomic E-state index is -0.972.